The first-order chi connectivity index (χ1) is 5.06. The molecule has 0 amide bonds. The maximum Gasteiger partial charge on any atom is 0.389 e. The van der Waals surface area contributed by atoms with E-state index >= 15 is 0 Å². The normalized spacial score (nSPS) is 12.0. The molecule has 0 aliphatic carbocycles. The Kier molecular flexibility index (Phi) is 5.28. The fraction of sp³-hybridized carbons (Fsp3) is 0.857. The van der Waals surface area contributed by atoms with Crippen molar-refractivity contribution in [3.63, 3.8) is 0 Å². The molecule has 4 heteroatoms. The van der Waals surface area contributed by atoms with Crippen molar-refractivity contribution in [1.29, 1.82) is 0 Å². The zero-order valence-electron chi connectivity index (χ0n) is 6.28. The van der Waals surface area contributed by atoms with Crippen molar-refractivity contribution in [2.75, 3.05) is 6.61 Å². The molecule has 0 heterocycles. The molecule has 0 atom stereocenters. The van der Waals surface area contributed by atoms with Crippen LogP contribution in [0.5, 0.6) is 0 Å². The lowest BCUT2D eigenvalue weighted by molar-refractivity contribution is -0.135. The third-order valence-electron chi connectivity index (χ3n) is 1.25. The number of alkyl halides is 3. The maximum absolute atomic E-state index is 11.5. The van der Waals surface area contributed by atoms with Gasteiger partial charge in [-0.15, -0.1) is 0 Å². The van der Waals surface area contributed by atoms with Gasteiger partial charge in [0.05, 0.1) is 7.11 Å². The minimum absolute atomic E-state index is 0.187. The summed E-state index contributed by atoms with van der Waals surface area (Å²) in [5.74, 6) is 0. The van der Waals surface area contributed by atoms with Crippen LogP contribution in [-0.2, 0) is 4.74 Å². The van der Waals surface area contributed by atoms with Gasteiger partial charge in [-0.3, -0.25) is 0 Å². The van der Waals surface area contributed by atoms with Crippen LogP contribution < -0.4 is 0 Å². The van der Waals surface area contributed by atoms with Crippen LogP contribution in [0, 0.1) is 7.11 Å². The minimum atomic E-state index is -4.01. The molecule has 0 aromatic rings. The SMILES string of the molecule is [CH2]OCCCCCC(F)(F)F. The van der Waals surface area contributed by atoms with Crippen molar-refractivity contribution >= 4 is 0 Å². The van der Waals surface area contributed by atoms with E-state index in [0.29, 0.717) is 19.4 Å². The molecule has 0 aromatic carbocycles. The molecule has 0 aliphatic heterocycles. The van der Waals surface area contributed by atoms with Crippen LogP contribution in [0.4, 0.5) is 13.2 Å². The Morgan fingerprint density at radius 3 is 2.18 bits per heavy atom. The van der Waals surface area contributed by atoms with Gasteiger partial charge in [0.1, 0.15) is 0 Å². The van der Waals surface area contributed by atoms with Gasteiger partial charge in [-0.2, -0.15) is 13.2 Å². The Labute approximate surface area is 64.5 Å². The molecular formula is C7H12F3O. The Morgan fingerprint density at radius 2 is 1.73 bits per heavy atom. The Morgan fingerprint density at radius 1 is 1.09 bits per heavy atom. The number of ether oxygens (including phenoxy) is 1. The second kappa shape index (κ2) is 5.41. The summed E-state index contributed by atoms with van der Waals surface area (Å²) in [5.41, 5.74) is 0. The molecule has 67 valence electrons. The standard InChI is InChI=1S/C7H12F3O/c1-11-6-4-2-3-5-7(8,9)10/h1-6H2. The van der Waals surface area contributed by atoms with Crippen LogP contribution in [0.25, 0.3) is 0 Å². The topological polar surface area (TPSA) is 9.23 Å². The molecule has 0 fully saturated rings. The molecule has 11 heavy (non-hydrogen) atoms. The molecule has 0 unspecified atom stereocenters. The first kappa shape index (κ1) is 10.8. The number of rotatable bonds is 5. The third kappa shape index (κ3) is 9.75. The summed E-state index contributed by atoms with van der Waals surface area (Å²) in [6, 6.07) is 0. The summed E-state index contributed by atoms with van der Waals surface area (Å²) in [6.45, 7) is 0.442. The lowest BCUT2D eigenvalue weighted by Gasteiger charge is -2.04. The Balaban J connectivity index is 3.02. The van der Waals surface area contributed by atoms with Crippen LogP contribution >= 0.6 is 0 Å². The van der Waals surface area contributed by atoms with E-state index in [4.69, 9.17) is 0 Å². The van der Waals surface area contributed by atoms with Crippen molar-refractivity contribution in [3.05, 3.63) is 7.11 Å². The van der Waals surface area contributed by atoms with Gasteiger partial charge in [0, 0.05) is 13.0 Å². The van der Waals surface area contributed by atoms with Gasteiger partial charge in [-0.25, -0.2) is 0 Å². The summed E-state index contributed by atoms with van der Waals surface area (Å²) < 4.78 is 39.0. The highest BCUT2D eigenvalue weighted by Crippen LogP contribution is 2.22. The van der Waals surface area contributed by atoms with E-state index < -0.39 is 12.6 Å². The minimum Gasteiger partial charge on any atom is -0.379 e. The highest BCUT2D eigenvalue weighted by atomic mass is 19.4. The number of hydrogen-bond acceptors (Lipinski definition) is 1. The zero-order valence-corrected chi connectivity index (χ0v) is 6.28. The molecule has 1 radical (unpaired) electrons. The summed E-state index contributed by atoms with van der Waals surface area (Å²) in [7, 11) is 3.11. The number of hydrogen-bond donors (Lipinski definition) is 0. The predicted molar refractivity (Wildman–Crippen MR) is 35.8 cm³/mol. The quantitative estimate of drug-likeness (QED) is 0.575. The second-order valence-corrected chi connectivity index (χ2v) is 2.33. The molecule has 0 aliphatic rings. The van der Waals surface area contributed by atoms with Gasteiger partial charge < -0.3 is 4.74 Å². The molecule has 0 N–H and O–H groups in total. The van der Waals surface area contributed by atoms with Gasteiger partial charge >= 0.3 is 6.18 Å². The summed E-state index contributed by atoms with van der Waals surface area (Å²) in [4.78, 5) is 0. The summed E-state index contributed by atoms with van der Waals surface area (Å²) in [6.07, 6.45) is -3.31. The Hall–Kier alpha value is -0.250. The van der Waals surface area contributed by atoms with E-state index in [0.717, 1.165) is 0 Å². The van der Waals surface area contributed by atoms with Crippen molar-refractivity contribution in [2.45, 2.75) is 31.9 Å². The van der Waals surface area contributed by atoms with E-state index in [2.05, 4.69) is 11.8 Å². The van der Waals surface area contributed by atoms with E-state index in [-0.39, 0.29) is 6.42 Å². The number of halogens is 3. The zero-order chi connectivity index (χ0) is 8.74. The molecule has 0 spiro atoms. The largest absolute Gasteiger partial charge is 0.389 e. The fourth-order valence-electron chi connectivity index (χ4n) is 0.706. The lowest BCUT2D eigenvalue weighted by atomic mass is 10.2. The maximum atomic E-state index is 11.5. The van der Waals surface area contributed by atoms with Crippen LogP contribution in [0.1, 0.15) is 25.7 Å². The van der Waals surface area contributed by atoms with E-state index in [1.807, 2.05) is 0 Å². The van der Waals surface area contributed by atoms with Crippen LogP contribution in [-0.4, -0.2) is 12.8 Å². The Bertz CT molecular complexity index is 90.2. The van der Waals surface area contributed by atoms with Crippen LogP contribution in [0.3, 0.4) is 0 Å². The average Bonchev–Trinajstić information content (AvgIpc) is 1.85. The highest BCUT2D eigenvalue weighted by Gasteiger charge is 2.25. The van der Waals surface area contributed by atoms with Crippen molar-refractivity contribution < 1.29 is 17.9 Å². The third-order valence-corrected chi connectivity index (χ3v) is 1.25. The van der Waals surface area contributed by atoms with Crippen molar-refractivity contribution in [1.82, 2.24) is 0 Å². The van der Waals surface area contributed by atoms with Gasteiger partial charge in [-0.1, -0.05) is 6.42 Å². The fourth-order valence-corrected chi connectivity index (χ4v) is 0.706. The van der Waals surface area contributed by atoms with Crippen molar-refractivity contribution in [3.8, 4) is 0 Å². The summed E-state index contributed by atoms with van der Waals surface area (Å²) in [5, 5.41) is 0. The van der Waals surface area contributed by atoms with Gasteiger partial charge in [-0.05, 0) is 12.8 Å². The average molecular weight is 169 g/mol. The van der Waals surface area contributed by atoms with Crippen LogP contribution in [0.2, 0.25) is 0 Å². The van der Waals surface area contributed by atoms with Gasteiger partial charge in [0.2, 0.25) is 0 Å². The van der Waals surface area contributed by atoms with Crippen molar-refractivity contribution in [2.24, 2.45) is 0 Å². The van der Waals surface area contributed by atoms with Gasteiger partial charge in [0.15, 0.2) is 0 Å². The van der Waals surface area contributed by atoms with E-state index in [1.54, 1.807) is 0 Å². The molecule has 0 rings (SSSR count). The lowest BCUT2D eigenvalue weighted by Crippen LogP contribution is -2.06. The first-order valence-electron chi connectivity index (χ1n) is 3.50. The first-order valence-corrected chi connectivity index (χ1v) is 3.50. The summed E-state index contributed by atoms with van der Waals surface area (Å²) >= 11 is 0. The van der Waals surface area contributed by atoms with E-state index in [1.165, 1.54) is 0 Å². The smallest absolute Gasteiger partial charge is 0.379 e. The molecule has 0 saturated heterocycles. The molecule has 0 bridgehead atoms. The van der Waals surface area contributed by atoms with E-state index in [9.17, 15) is 13.2 Å². The monoisotopic (exact) mass is 169 g/mol. The molecule has 0 saturated carbocycles. The number of unbranched alkanes of at least 4 members (excludes halogenated alkanes) is 2. The molecule has 1 nitrogen and oxygen atoms in total. The van der Waals surface area contributed by atoms with Gasteiger partial charge in [0.25, 0.3) is 0 Å². The molecule has 0 aromatic heterocycles. The van der Waals surface area contributed by atoms with Crippen LogP contribution in [0.15, 0.2) is 0 Å². The molecular weight excluding hydrogens is 157 g/mol. The highest BCUT2D eigenvalue weighted by molar-refractivity contribution is 4.50. The predicted octanol–water partition coefficient (Wildman–Crippen LogP) is 2.92. The second-order valence-electron chi connectivity index (χ2n) is 2.33.